The summed E-state index contributed by atoms with van der Waals surface area (Å²) in [6.45, 7) is 1.01. The summed E-state index contributed by atoms with van der Waals surface area (Å²) in [5.41, 5.74) is -0.0978. The monoisotopic (exact) mass is 296 g/mol. The predicted molar refractivity (Wildman–Crippen MR) is 73.8 cm³/mol. The van der Waals surface area contributed by atoms with Crippen molar-refractivity contribution in [3.63, 3.8) is 0 Å². The Kier molecular flexibility index (Phi) is 5.53. The number of nitrogens with one attached hydrogen (secondary N) is 2. The summed E-state index contributed by atoms with van der Waals surface area (Å²) < 4.78 is 10.1. The summed E-state index contributed by atoms with van der Waals surface area (Å²) in [5.74, 6) is -1.64. The Labute approximate surface area is 121 Å². The largest absolute Gasteiger partial charge is 0.493 e. The number of carbonyl (C=O) groups is 3. The summed E-state index contributed by atoms with van der Waals surface area (Å²) in [6.07, 6.45) is 0. The van der Waals surface area contributed by atoms with Crippen molar-refractivity contribution in [2.45, 2.75) is 6.92 Å². The van der Waals surface area contributed by atoms with Gasteiger partial charge in [0.2, 0.25) is 11.8 Å². The van der Waals surface area contributed by atoms with Crippen molar-refractivity contribution in [1.29, 1.82) is 0 Å². The zero-order chi connectivity index (χ0) is 16.0. The van der Waals surface area contributed by atoms with E-state index < -0.39 is 11.9 Å². The molecule has 1 rings (SSSR count). The molecule has 0 aliphatic heterocycles. The SMILES string of the molecule is COc1cc(NC(=O)CNC(C)=O)c(C(=O)O)cc1OC. The maximum Gasteiger partial charge on any atom is 0.337 e. The third-order valence-electron chi connectivity index (χ3n) is 2.53. The Morgan fingerprint density at radius 3 is 2.19 bits per heavy atom. The molecule has 0 saturated carbocycles. The Bertz CT molecular complexity index is 570. The number of carboxylic acid groups (broad SMARTS) is 1. The number of carbonyl (C=O) groups excluding carboxylic acids is 2. The molecule has 21 heavy (non-hydrogen) atoms. The van der Waals surface area contributed by atoms with E-state index in [1.165, 1.54) is 33.3 Å². The molecule has 114 valence electrons. The molecule has 8 heteroatoms. The zero-order valence-electron chi connectivity index (χ0n) is 11.9. The summed E-state index contributed by atoms with van der Waals surface area (Å²) in [4.78, 5) is 33.6. The highest BCUT2D eigenvalue weighted by molar-refractivity contribution is 6.02. The first kappa shape index (κ1) is 16.3. The highest BCUT2D eigenvalue weighted by atomic mass is 16.5. The minimum absolute atomic E-state index is 0.0514. The Hall–Kier alpha value is -2.77. The van der Waals surface area contributed by atoms with Crippen LogP contribution in [0.2, 0.25) is 0 Å². The first-order valence-electron chi connectivity index (χ1n) is 5.92. The molecule has 0 heterocycles. The lowest BCUT2D eigenvalue weighted by atomic mass is 10.1. The molecule has 1 aromatic rings. The Morgan fingerprint density at radius 2 is 1.71 bits per heavy atom. The van der Waals surface area contributed by atoms with E-state index in [2.05, 4.69) is 10.6 Å². The maximum absolute atomic E-state index is 11.7. The van der Waals surface area contributed by atoms with Crippen LogP contribution in [0.4, 0.5) is 5.69 Å². The van der Waals surface area contributed by atoms with E-state index in [-0.39, 0.29) is 35.2 Å². The summed E-state index contributed by atoms with van der Waals surface area (Å²) in [6, 6.07) is 2.59. The Morgan fingerprint density at radius 1 is 1.14 bits per heavy atom. The van der Waals surface area contributed by atoms with Crippen LogP contribution >= 0.6 is 0 Å². The van der Waals surface area contributed by atoms with Gasteiger partial charge in [-0.3, -0.25) is 9.59 Å². The van der Waals surface area contributed by atoms with Crippen LogP contribution in [0.1, 0.15) is 17.3 Å². The average molecular weight is 296 g/mol. The summed E-state index contributed by atoms with van der Waals surface area (Å²) >= 11 is 0. The van der Waals surface area contributed by atoms with Crippen LogP contribution in [0.25, 0.3) is 0 Å². The van der Waals surface area contributed by atoms with Gasteiger partial charge in [-0.25, -0.2) is 4.79 Å². The van der Waals surface area contributed by atoms with Crippen LogP contribution in [0, 0.1) is 0 Å². The highest BCUT2D eigenvalue weighted by Crippen LogP contribution is 2.33. The molecule has 0 saturated heterocycles. The number of carboxylic acids is 1. The van der Waals surface area contributed by atoms with Crippen molar-refractivity contribution < 1.29 is 29.0 Å². The van der Waals surface area contributed by atoms with Gasteiger partial charge in [0.1, 0.15) is 0 Å². The van der Waals surface area contributed by atoms with Crippen molar-refractivity contribution in [2.24, 2.45) is 0 Å². The second kappa shape index (κ2) is 7.13. The number of benzene rings is 1. The fourth-order valence-corrected chi connectivity index (χ4v) is 1.56. The van der Waals surface area contributed by atoms with Crippen LogP contribution in [-0.2, 0) is 9.59 Å². The fraction of sp³-hybridized carbons (Fsp3) is 0.308. The third-order valence-corrected chi connectivity index (χ3v) is 2.53. The van der Waals surface area contributed by atoms with Gasteiger partial charge >= 0.3 is 5.97 Å². The third kappa shape index (κ3) is 4.37. The molecule has 0 aliphatic rings. The number of hydrogen-bond donors (Lipinski definition) is 3. The van der Waals surface area contributed by atoms with Crippen LogP contribution in [-0.4, -0.2) is 43.7 Å². The van der Waals surface area contributed by atoms with Crippen molar-refractivity contribution in [1.82, 2.24) is 5.32 Å². The second-order valence-electron chi connectivity index (χ2n) is 4.02. The van der Waals surface area contributed by atoms with E-state index in [1.54, 1.807) is 0 Å². The topological polar surface area (TPSA) is 114 Å². The molecule has 0 unspecified atom stereocenters. The van der Waals surface area contributed by atoms with E-state index in [4.69, 9.17) is 14.6 Å². The molecule has 0 fully saturated rings. The van der Waals surface area contributed by atoms with Crippen molar-refractivity contribution in [2.75, 3.05) is 26.1 Å². The van der Waals surface area contributed by atoms with Crippen LogP contribution in [0.15, 0.2) is 12.1 Å². The number of amides is 2. The lowest BCUT2D eigenvalue weighted by Gasteiger charge is -2.13. The first-order valence-corrected chi connectivity index (χ1v) is 5.92. The van der Waals surface area contributed by atoms with Crippen molar-refractivity contribution in [3.05, 3.63) is 17.7 Å². The summed E-state index contributed by atoms with van der Waals surface area (Å²) in [5, 5.41) is 13.9. The van der Waals surface area contributed by atoms with Gasteiger partial charge in [0.25, 0.3) is 0 Å². The molecular formula is C13H16N2O6. The van der Waals surface area contributed by atoms with Crippen LogP contribution in [0.5, 0.6) is 11.5 Å². The van der Waals surface area contributed by atoms with Gasteiger partial charge in [-0.05, 0) is 0 Å². The molecule has 0 radical (unpaired) electrons. The fourth-order valence-electron chi connectivity index (χ4n) is 1.56. The molecule has 0 spiro atoms. The van der Waals surface area contributed by atoms with Crippen LogP contribution in [0.3, 0.4) is 0 Å². The quantitative estimate of drug-likeness (QED) is 0.703. The van der Waals surface area contributed by atoms with Crippen LogP contribution < -0.4 is 20.1 Å². The number of methoxy groups -OCH3 is 2. The second-order valence-corrected chi connectivity index (χ2v) is 4.02. The van der Waals surface area contributed by atoms with E-state index in [1.807, 2.05) is 0 Å². The van der Waals surface area contributed by atoms with E-state index in [0.29, 0.717) is 0 Å². The summed E-state index contributed by atoms with van der Waals surface area (Å²) in [7, 11) is 2.76. The lowest BCUT2D eigenvalue weighted by Crippen LogP contribution is -2.31. The number of hydrogen-bond acceptors (Lipinski definition) is 5. The predicted octanol–water partition coefficient (Wildman–Crippen LogP) is 0.477. The van der Waals surface area contributed by atoms with Gasteiger partial charge in [-0.1, -0.05) is 0 Å². The van der Waals surface area contributed by atoms with Gasteiger partial charge in [0, 0.05) is 19.1 Å². The molecule has 0 aliphatic carbocycles. The normalized spacial score (nSPS) is 9.67. The van der Waals surface area contributed by atoms with E-state index in [0.717, 1.165) is 0 Å². The standard InChI is InChI=1S/C13H16N2O6/c1-7(16)14-6-12(17)15-9-5-11(21-3)10(20-2)4-8(9)13(18)19/h4-5H,6H2,1-3H3,(H,14,16)(H,15,17)(H,18,19). The number of anilines is 1. The van der Waals surface area contributed by atoms with Gasteiger partial charge in [0.15, 0.2) is 11.5 Å². The number of rotatable bonds is 6. The first-order chi connectivity index (χ1) is 9.88. The molecule has 0 bridgehead atoms. The van der Waals surface area contributed by atoms with Gasteiger partial charge in [-0.2, -0.15) is 0 Å². The van der Waals surface area contributed by atoms with Gasteiger partial charge in [0.05, 0.1) is 32.0 Å². The van der Waals surface area contributed by atoms with Crippen molar-refractivity contribution >= 4 is 23.5 Å². The molecule has 8 nitrogen and oxygen atoms in total. The minimum Gasteiger partial charge on any atom is -0.493 e. The molecule has 0 atom stereocenters. The van der Waals surface area contributed by atoms with Gasteiger partial charge < -0.3 is 25.2 Å². The molecule has 2 amide bonds. The van der Waals surface area contributed by atoms with Crippen molar-refractivity contribution in [3.8, 4) is 11.5 Å². The number of ether oxygens (including phenoxy) is 2. The van der Waals surface area contributed by atoms with E-state index >= 15 is 0 Å². The molecular weight excluding hydrogens is 280 g/mol. The zero-order valence-corrected chi connectivity index (χ0v) is 11.9. The molecule has 0 aromatic heterocycles. The molecule has 1 aromatic carbocycles. The highest BCUT2D eigenvalue weighted by Gasteiger charge is 2.17. The Balaban J connectivity index is 3.06. The number of aromatic carboxylic acids is 1. The average Bonchev–Trinajstić information content (AvgIpc) is 2.44. The van der Waals surface area contributed by atoms with Gasteiger partial charge in [-0.15, -0.1) is 0 Å². The minimum atomic E-state index is -1.23. The molecule has 3 N–H and O–H groups in total. The smallest absolute Gasteiger partial charge is 0.337 e. The maximum atomic E-state index is 11.7. The lowest BCUT2D eigenvalue weighted by molar-refractivity contribution is -0.122. The van der Waals surface area contributed by atoms with E-state index in [9.17, 15) is 14.4 Å².